The molecule has 1 saturated carbocycles. The zero-order chi connectivity index (χ0) is 15.0. The normalized spacial score (nSPS) is 24.4. The summed E-state index contributed by atoms with van der Waals surface area (Å²) in [5.41, 5.74) is 5.95. The van der Waals surface area contributed by atoms with Gasteiger partial charge in [-0.05, 0) is 31.4 Å². The predicted octanol–water partition coefficient (Wildman–Crippen LogP) is 1.40. The Labute approximate surface area is 120 Å². The van der Waals surface area contributed by atoms with Crippen molar-refractivity contribution in [2.45, 2.75) is 41.1 Å². The molecule has 2 rings (SSSR count). The SMILES string of the molecule is CS(=O)(=O)C1CCCC(S(=O)(=O)c2ccccc2N)C1. The first-order chi connectivity index (χ1) is 9.23. The summed E-state index contributed by atoms with van der Waals surface area (Å²) in [4.78, 5) is 0.110. The van der Waals surface area contributed by atoms with E-state index in [4.69, 9.17) is 5.73 Å². The average Bonchev–Trinajstić information content (AvgIpc) is 2.38. The Kier molecular flexibility index (Phi) is 4.11. The molecule has 112 valence electrons. The largest absolute Gasteiger partial charge is 0.398 e. The molecule has 1 fully saturated rings. The van der Waals surface area contributed by atoms with Crippen molar-refractivity contribution >= 4 is 25.4 Å². The second-order valence-electron chi connectivity index (χ2n) is 5.32. The summed E-state index contributed by atoms with van der Waals surface area (Å²) in [6.45, 7) is 0. The zero-order valence-corrected chi connectivity index (χ0v) is 13.0. The summed E-state index contributed by atoms with van der Waals surface area (Å²) in [6.07, 6.45) is 2.96. The van der Waals surface area contributed by atoms with Crippen LogP contribution in [0, 0.1) is 0 Å². The molecule has 5 nitrogen and oxygen atoms in total. The molecule has 1 aliphatic carbocycles. The van der Waals surface area contributed by atoms with Gasteiger partial charge in [-0.1, -0.05) is 18.6 Å². The molecule has 0 saturated heterocycles. The number of para-hydroxylation sites is 1. The van der Waals surface area contributed by atoms with Crippen LogP contribution in [-0.4, -0.2) is 33.6 Å². The standard InChI is InChI=1S/C13H19NO4S2/c1-19(15,16)10-5-4-6-11(9-10)20(17,18)13-8-3-2-7-12(13)14/h2-3,7-8,10-11H,4-6,9,14H2,1H3. The van der Waals surface area contributed by atoms with Crippen molar-refractivity contribution in [3.05, 3.63) is 24.3 Å². The number of rotatable bonds is 3. The first kappa shape index (κ1) is 15.3. The molecule has 7 heteroatoms. The third kappa shape index (κ3) is 2.98. The highest BCUT2D eigenvalue weighted by atomic mass is 32.2. The summed E-state index contributed by atoms with van der Waals surface area (Å²) in [5.74, 6) is 0. The lowest BCUT2D eigenvalue weighted by molar-refractivity contribution is 0.473. The minimum absolute atomic E-state index is 0.110. The van der Waals surface area contributed by atoms with Gasteiger partial charge in [0, 0.05) is 6.26 Å². The van der Waals surface area contributed by atoms with E-state index in [2.05, 4.69) is 0 Å². The van der Waals surface area contributed by atoms with Gasteiger partial charge >= 0.3 is 0 Å². The number of nitrogens with two attached hydrogens (primary N) is 1. The monoisotopic (exact) mass is 317 g/mol. The van der Waals surface area contributed by atoms with Gasteiger partial charge in [-0.25, -0.2) is 16.8 Å². The maximum absolute atomic E-state index is 12.6. The first-order valence-electron chi connectivity index (χ1n) is 6.50. The van der Waals surface area contributed by atoms with Crippen molar-refractivity contribution in [3.8, 4) is 0 Å². The summed E-state index contributed by atoms with van der Waals surface area (Å²) >= 11 is 0. The second kappa shape index (κ2) is 5.37. The van der Waals surface area contributed by atoms with Crippen molar-refractivity contribution in [2.75, 3.05) is 12.0 Å². The number of hydrogen-bond acceptors (Lipinski definition) is 5. The molecule has 0 aliphatic heterocycles. The van der Waals surface area contributed by atoms with Crippen LogP contribution in [0.3, 0.4) is 0 Å². The van der Waals surface area contributed by atoms with Gasteiger partial charge in [-0.15, -0.1) is 0 Å². The van der Waals surface area contributed by atoms with Crippen molar-refractivity contribution in [1.29, 1.82) is 0 Å². The molecule has 1 aliphatic rings. The molecular formula is C13H19NO4S2. The van der Waals surface area contributed by atoms with Crippen molar-refractivity contribution in [1.82, 2.24) is 0 Å². The van der Waals surface area contributed by atoms with Crippen LogP contribution >= 0.6 is 0 Å². The molecule has 0 amide bonds. The lowest BCUT2D eigenvalue weighted by Crippen LogP contribution is -2.35. The Morgan fingerprint density at radius 2 is 1.65 bits per heavy atom. The van der Waals surface area contributed by atoms with E-state index in [9.17, 15) is 16.8 Å². The van der Waals surface area contributed by atoms with Crippen LogP contribution in [0.4, 0.5) is 5.69 Å². The maximum atomic E-state index is 12.6. The molecule has 0 aromatic heterocycles. The van der Waals surface area contributed by atoms with E-state index in [0.29, 0.717) is 19.3 Å². The van der Waals surface area contributed by atoms with Gasteiger partial charge in [0.25, 0.3) is 0 Å². The lowest BCUT2D eigenvalue weighted by Gasteiger charge is -2.28. The highest BCUT2D eigenvalue weighted by Crippen LogP contribution is 2.33. The Balaban J connectivity index is 2.33. The molecule has 2 N–H and O–H groups in total. The third-order valence-corrected chi connectivity index (χ3v) is 7.78. The van der Waals surface area contributed by atoms with Crippen LogP contribution in [0.1, 0.15) is 25.7 Å². The van der Waals surface area contributed by atoms with Crippen LogP contribution in [-0.2, 0) is 19.7 Å². The van der Waals surface area contributed by atoms with Gasteiger partial charge in [0.2, 0.25) is 0 Å². The zero-order valence-electron chi connectivity index (χ0n) is 11.3. The van der Waals surface area contributed by atoms with Crippen molar-refractivity contribution < 1.29 is 16.8 Å². The summed E-state index contributed by atoms with van der Waals surface area (Å²) < 4.78 is 48.5. The van der Waals surface area contributed by atoms with E-state index in [-0.39, 0.29) is 17.0 Å². The summed E-state index contributed by atoms with van der Waals surface area (Å²) in [6, 6.07) is 6.33. The van der Waals surface area contributed by atoms with Gasteiger partial charge in [-0.2, -0.15) is 0 Å². The lowest BCUT2D eigenvalue weighted by atomic mass is 10.00. The van der Waals surface area contributed by atoms with Crippen LogP contribution in [0.2, 0.25) is 0 Å². The van der Waals surface area contributed by atoms with Crippen LogP contribution in [0.15, 0.2) is 29.2 Å². The Morgan fingerprint density at radius 1 is 1.05 bits per heavy atom. The maximum Gasteiger partial charge on any atom is 0.183 e. The fraction of sp³-hybridized carbons (Fsp3) is 0.538. The predicted molar refractivity (Wildman–Crippen MR) is 78.9 cm³/mol. The van der Waals surface area contributed by atoms with E-state index >= 15 is 0 Å². The van der Waals surface area contributed by atoms with E-state index in [1.807, 2.05) is 0 Å². The summed E-state index contributed by atoms with van der Waals surface area (Å²) in [7, 11) is -6.78. The smallest absolute Gasteiger partial charge is 0.183 e. The van der Waals surface area contributed by atoms with Crippen LogP contribution in [0.5, 0.6) is 0 Å². The first-order valence-corrected chi connectivity index (χ1v) is 10.0. The number of anilines is 1. The van der Waals surface area contributed by atoms with E-state index < -0.39 is 30.2 Å². The van der Waals surface area contributed by atoms with Crippen LogP contribution < -0.4 is 5.73 Å². The highest BCUT2D eigenvalue weighted by Gasteiger charge is 2.37. The van der Waals surface area contributed by atoms with Gasteiger partial charge in [0.1, 0.15) is 9.84 Å². The quantitative estimate of drug-likeness (QED) is 0.850. The van der Waals surface area contributed by atoms with E-state index in [1.54, 1.807) is 18.2 Å². The fourth-order valence-electron chi connectivity index (χ4n) is 2.69. The number of sulfone groups is 2. The molecule has 0 heterocycles. The minimum atomic E-state index is -3.58. The Hall–Kier alpha value is -1.08. The van der Waals surface area contributed by atoms with E-state index in [0.717, 1.165) is 0 Å². The molecule has 20 heavy (non-hydrogen) atoms. The van der Waals surface area contributed by atoms with E-state index in [1.165, 1.54) is 12.3 Å². The molecule has 1 aromatic rings. The summed E-state index contributed by atoms with van der Waals surface area (Å²) in [5, 5.41) is -1.23. The van der Waals surface area contributed by atoms with Crippen molar-refractivity contribution in [2.24, 2.45) is 0 Å². The van der Waals surface area contributed by atoms with Gasteiger partial charge in [-0.3, -0.25) is 0 Å². The molecule has 0 bridgehead atoms. The van der Waals surface area contributed by atoms with Crippen molar-refractivity contribution in [3.63, 3.8) is 0 Å². The second-order valence-corrected chi connectivity index (χ2v) is 9.85. The molecule has 1 aromatic carbocycles. The molecule has 2 unspecified atom stereocenters. The topological polar surface area (TPSA) is 94.3 Å². The Bertz CT molecular complexity index is 695. The number of hydrogen-bond donors (Lipinski definition) is 1. The minimum Gasteiger partial charge on any atom is -0.398 e. The number of benzene rings is 1. The fourth-order valence-corrected chi connectivity index (χ4v) is 5.98. The molecule has 0 spiro atoms. The molecule has 0 radical (unpaired) electrons. The molecular weight excluding hydrogens is 298 g/mol. The highest BCUT2D eigenvalue weighted by molar-refractivity contribution is 7.92. The Morgan fingerprint density at radius 3 is 2.25 bits per heavy atom. The molecule has 2 atom stereocenters. The number of nitrogen functional groups attached to an aromatic ring is 1. The van der Waals surface area contributed by atoms with Crippen LogP contribution in [0.25, 0.3) is 0 Å². The van der Waals surface area contributed by atoms with Gasteiger partial charge in [0.15, 0.2) is 9.84 Å². The third-order valence-electron chi connectivity index (χ3n) is 3.85. The average molecular weight is 317 g/mol. The van der Waals surface area contributed by atoms with Gasteiger partial charge in [0.05, 0.1) is 21.1 Å². The van der Waals surface area contributed by atoms with Gasteiger partial charge < -0.3 is 5.73 Å².